The zero-order valence-electron chi connectivity index (χ0n) is 12.9. The molecule has 120 valence electrons. The van der Waals surface area contributed by atoms with Gasteiger partial charge in [0, 0.05) is 18.4 Å². The van der Waals surface area contributed by atoms with Crippen molar-refractivity contribution in [2.45, 2.75) is 50.5 Å². The van der Waals surface area contributed by atoms with Crippen molar-refractivity contribution in [3.05, 3.63) is 24.3 Å². The number of hydrogen-bond donors (Lipinski definition) is 1. The molecule has 1 saturated heterocycles. The largest absolute Gasteiger partial charge is 0.274 e. The van der Waals surface area contributed by atoms with E-state index in [0.717, 1.165) is 4.90 Å². The van der Waals surface area contributed by atoms with E-state index >= 15 is 0 Å². The van der Waals surface area contributed by atoms with E-state index in [0.29, 0.717) is 24.9 Å². The summed E-state index contributed by atoms with van der Waals surface area (Å²) in [5.74, 6) is -0.501. The van der Waals surface area contributed by atoms with Gasteiger partial charge in [-0.25, -0.2) is 13.1 Å². The summed E-state index contributed by atoms with van der Waals surface area (Å²) in [5.41, 5.74) is -0.180. The van der Waals surface area contributed by atoms with E-state index in [1.165, 1.54) is 24.3 Å². The van der Waals surface area contributed by atoms with Crippen LogP contribution >= 0.6 is 0 Å². The predicted molar refractivity (Wildman–Crippen MR) is 82.9 cm³/mol. The van der Waals surface area contributed by atoms with E-state index in [-0.39, 0.29) is 16.7 Å². The number of nitrogens with one attached hydrogen (secondary N) is 1. The van der Waals surface area contributed by atoms with Crippen molar-refractivity contribution in [1.82, 2.24) is 4.72 Å². The first-order valence-corrected chi connectivity index (χ1v) is 8.58. The van der Waals surface area contributed by atoms with Crippen LogP contribution in [0.1, 0.15) is 40.0 Å². The number of benzene rings is 1. The second-order valence-corrected chi connectivity index (χ2v) is 8.01. The average molecular weight is 324 g/mol. The molecule has 0 unspecified atom stereocenters. The summed E-state index contributed by atoms with van der Waals surface area (Å²) in [5, 5.41) is 0. The summed E-state index contributed by atoms with van der Waals surface area (Å²) < 4.78 is 27.0. The molecular weight excluding hydrogens is 304 g/mol. The third-order valence-electron chi connectivity index (χ3n) is 3.13. The minimum atomic E-state index is -3.63. The molecule has 1 aliphatic heterocycles. The first-order valence-electron chi connectivity index (χ1n) is 7.10. The number of sulfonamides is 1. The fourth-order valence-electron chi connectivity index (χ4n) is 2.28. The minimum absolute atomic E-state index is 0.100. The Balaban J connectivity index is 2.27. The van der Waals surface area contributed by atoms with Gasteiger partial charge in [-0.15, -0.1) is 0 Å². The van der Waals surface area contributed by atoms with Gasteiger partial charge in [0.15, 0.2) is 0 Å². The monoisotopic (exact) mass is 324 g/mol. The summed E-state index contributed by atoms with van der Waals surface area (Å²) in [6.45, 7) is 5.26. The highest BCUT2D eigenvalue weighted by Gasteiger charge is 2.28. The van der Waals surface area contributed by atoms with Crippen LogP contribution in [0.25, 0.3) is 0 Å². The van der Waals surface area contributed by atoms with Crippen LogP contribution in [0.2, 0.25) is 0 Å². The highest BCUT2D eigenvalue weighted by atomic mass is 32.2. The van der Waals surface area contributed by atoms with E-state index < -0.39 is 15.6 Å². The Labute approximate surface area is 130 Å². The lowest BCUT2D eigenvalue weighted by Gasteiger charge is -2.25. The third-order valence-corrected chi connectivity index (χ3v) is 4.90. The van der Waals surface area contributed by atoms with Crippen LogP contribution < -0.4 is 9.62 Å². The van der Waals surface area contributed by atoms with Gasteiger partial charge in [-0.3, -0.25) is 14.5 Å². The first-order chi connectivity index (χ1) is 10.1. The number of hydrogen-bond acceptors (Lipinski definition) is 4. The molecule has 6 nitrogen and oxygen atoms in total. The van der Waals surface area contributed by atoms with Gasteiger partial charge in [0.1, 0.15) is 0 Å². The standard InChI is InChI=1S/C15H20N2O4S/c1-15(2,3)16-22(20,21)12-9-7-11(8-10-12)17-13(18)5-4-6-14(17)19/h7-10,16H,4-6H2,1-3H3. The van der Waals surface area contributed by atoms with Crippen LogP contribution in [0, 0.1) is 0 Å². The maximum atomic E-state index is 12.2. The van der Waals surface area contributed by atoms with Gasteiger partial charge in [0.25, 0.3) is 0 Å². The lowest BCUT2D eigenvalue weighted by atomic mass is 10.1. The number of nitrogens with zero attached hydrogens (tertiary/aromatic N) is 1. The van der Waals surface area contributed by atoms with Crippen molar-refractivity contribution in [3.63, 3.8) is 0 Å². The summed E-state index contributed by atoms with van der Waals surface area (Å²) in [6.07, 6.45) is 1.23. The van der Waals surface area contributed by atoms with Crippen LogP contribution in [0.4, 0.5) is 5.69 Å². The van der Waals surface area contributed by atoms with Crippen molar-refractivity contribution in [2.75, 3.05) is 4.90 Å². The molecular formula is C15H20N2O4S. The van der Waals surface area contributed by atoms with Gasteiger partial charge in [0.05, 0.1) is 10.6 Å². The molecule has 1 heterocycles. The second-order valence-electron chi connectivity index (χ2n) is 6.33. The van der Waals surface area contributed by atoms with E-state index in [1.807, 2.05) is 0 Å². The van der Waals surface area contributed by atoms with E-state index in [2.05, 4.69) is 4.72 Å². The molecule has 1 aromatic rings. The molecule has 1 fully saturated rings. The molecule has 1 aromatic carbocycles. The zero-order valence-corrected chi connectivity index (χ0v) is 13.7. The predicted octanol–water partition coefficient (Wildman–Crippen LogP) is 1.81. The van der Waals surface area contributed by atoms with Crippen LogP contribution in [0.3, 0.4) is 0 Å². The Hall–Kier alpha value is -1.73. The van der Waals surface area contributed by atoms with Crippen LogP contribution in [-0.4, -0.2) is 25.8 Å². The molecule has 0 aliphatic carbocycles. The van der Waals surface area contributed by atoms with Crippen LogP contribution in [0.5, 0.6) is 0 Å². The van der Waals surface area contributed by atoms with Gasteiger partial charge in [-0.1, -0.05) is 0 Å². The molecule has 0 radical (unpaired) electrons. The number of imide groups is 1. The molecule has 0 saturated carbocycles. The van der Waals surface area contributed by atoms with E-state index in [1.54, 1.807) is 20.8 Å². The number of piperidine rings is 1. The number of carbonyl (C=O) groups excluding carboxylic acids is 2. The van der Waals surface area contributed by atoms with Crippen molar-refractivity contribution in [3.8, 4) is 0 Å². The van der Waals surface area contributed by atoms with Gasteiger partial charge >= 0.3 is 0 Å². The van der Waals surface area contributed by atoms with Crippen molar-refractivity contribution in [1.29, 1.82) is 0 Å². The normalized spacial score (nSPS) is 17.0. The molecule has 22 heavy (non-hydrogen) atoms. The summed E-state index contributed by atoms with van der Waals surface area (Å²) in [4.78, 5) is 24.9. The average Bonchev–Trinajstić information content (AvgIpc) is 2.36. The number of amides is 2. The van der Waals surface area contributed by atoms with Crippen molar-refractivity contribution in [2.24, 2.45) is 0 Å². The van der Waals surface area contributed by atoms with Crippen molar-refractivity contribution >= 4 is 27.5 Å². The van der Waals surface area contributed by atoms with Gasteiger partial charge in [-0.2, -0.15) is 0 Å². The molecule has 1 aliphatic rings. The van der Waals surface area contributed by atoms with Gasteiger partial charge < -0.3 is 0 Å². The third kappa shape index (κ3) is 3.72. The maximum absolute atomic E-state index is 12.2. The second kappa shape index (κ2) is 5.81. The van der Waals surface area contributed by atoms with Gasteiger partial charge in [0.2, 0.25) is 21.8 Å². The van der Waals surface area contributed by atoms with Gasteiger partial charge in [-0.05, 0) is 51.5 Å². The molecule has 0 spiro atoms. The Kier molecular flexibility index (Phi) is 4.39. The quantitative estimate of drug-likeness (QED) is 0.860. The molecule has 1 N–H and O–H groups in total. The maximum Gasteiger partial charge on any atom is 0.241 e. The minimum Gasteiger partial charge on any atom is -0.274 e. The van der Waals surface area contributed by atoms with Crippen molar-refractivity contribution < 1.29 is 18.0 Å². The fourth-order valence-corrected chi connectivity index (χ4v) is 3.70. The molecule has 0 aromatic heterocycles. The van der Waals surface area contributed by atoms with E-state index in [9.17, 15) is 18.0 Å². The number of anilines is 1. The SMILES string of the molecule is CC(C)(C)NS(=O)(=O)c1ccc(N2C(=O)CCCC2=O)cc1. The first kappa shape index (κ1) is 16.6. The fraction of sp³-hybridized carbons (Fsp3) is 0.467. The number of carbonyl (C=O) groups is 2. The van der Waals surface area contributed by atoms with E-state index in [4.69, 9.17) is 0 Å². The Morgan fingerprint density at radius 2 is 1.50 bits per heavy atom. The zero-order chi connectivity index (χ0) is 16.5. The lowest BCUT2D eigenvalue weighted by molar-refractivity contribution is -0.129. The highest BCUT2D eigenvalue weighted by Crippen LogP contribution is 2.24. The topological polar surface area (TPSA) is 83.6 Å². The molecule has 0 atom stereocenters. The summed E-state index contributed by atoms with van der Waals surface area (Å²) >= 11 is 0. The summed E-state index contributed by atoms with van der Waals surface area (Å²) in [7, 11) is -3.63. The highest BCUT2D eigenvalue weighted by molar-refractivity contribution is 7.89. The number of rotatable bonds is 3. The molecule has 2 rings (SSSR count). The lowest BCUT2D eigenvalue weighted by Crippen LogP contribution is -2.41. The Morgan fingerprint density at radius 3 is 1.95 bits per heavy atom. The molecule has 7 heteroatoms. The Bertz CT molecular complexity index is 671. The smallest absolute Gasteiger partial charge is 0.241 e. The van der Waals surface area contributed by atoms with Crippen LogP contribution in [-0.2, 0) is 19.6 Å². The molecule has 2 amide bonds. The summed E-state index contributed by atoms with van der Waals surface area (Å²) in [6, 6.07) is 5.77. The van der Waals surface area contributed by atoms with Crippen LogP contribution in [0.15, 0.2) is 29.2 Å². The Morgan fingerprint density at radius 1 is 1.00 bits per heavy atom. The molecule has 0 bridgehead atoms.